The van der Waals surface area contributed by atoms with Crippen molar-refractivity contribution in [3.05, 3.63) is 41.0 Å². The highest BCUT2D eigenvalue weighted by Crippen LogP contribution is 2.16. The number of aryl methyl sites for hydroxylation is 3. The van der Waals surface area contributed by atoms with Crippen molar-refractivity contribution >= 4 is 29.9 Å². The van der Waals surface area contributed by atoms with Gasteiger partial charge in [0.05, 0.1) is 13.1 Å². The van der Waals surface area contributed by atoms with Gasteiger partial charge in [-0.1, -0.05) is 6.07 Å². The zero-order valence-corrected chi connectivity index (χ0v) is 19.9. The summed E-state index contributed by atoms with van der Waals surface area (Å²) in [5.41, 5.74) is 2.41. The number of guanidine groups is 1. The van der Waals surface area contributed by atoms with Gasteiger partial charge in [0.1, 0.15) is 24.8 Å². The monoisotopic (exact) mass is 514 g/mol. The Kier molecular flexibility index (Phi) is 9.15. The smallest absolute Gasteiger partial charge is 0.191 e. The first-order valence-corrected chi connectivity index (χ1v) is 9.67. The summed E-state index contributed by atoms with van der Waals surface area (Å²) in [5, 5.41) is 11.3. The van der Waals surface area contributed by atoms with Gasteiger partial charge in [-0.05, 0) is 43.5 Å². The first-order chi connectivity index (χ1) is 13.6. The number of halogens is 1. The fraction of sp³-hybridized carbons (Fsp3) is 0.550. The third-order valence-electron chi connectivity index (χ3n) is 4.60. The van der Waals surface area contributed by atoms with E-state index < -0.39 is 0 Å². The highest BCUT2D eigenvalue weighted by atomic mass is 127. The molecule has 1 aromatic carbocycles. The predicted molar refractivity (Wildman–Crippen MR) is 124 cm³/mol. The molecule has 2 N–H and O–H groups in total. The van der Waals surface area contributed by atoms with E-state index in [2.05, 4.69) is 57.8 Å². The number of ether oxygens (including phenoxy) is 2. The third-order valence-corrected chi connectivity index (χ3v) is 4.60. The molecule has 1 aliphatic heterocycles. The number of nitrogens with zero attached hydrogens (tertiary/aromatic N) is 4. The van der Waals surface area contributed by atoms with Crippen LogP contribution in [0.5, 0.6) is 5.75 Å². The number of nitrogens with one attached hydrogen (secondary N) is 2. The molecule has 3 rings (SSSR count). The van der Waals surface area contributed by atoms with Gasteiger partial charge in [-0.25, -0.2) is 9.67 Å². The number of rotatable bonds is 7. The molecule has 0 saturated carbocycles. The summed E-state index contributed by atoms with van der Waals surface area (Å²) in [5.74, 6) is 3.44. The molecule has 1 aliphatic rings. The maximum Gasteiger partial charge on any atom is 0.191 e. The summed E-state index contributed by atoms with van der Waals surface area (Å²) in [4.78, 5) is 8.83. The zero-order chi connectivity index (χ0) is 19.9. The summed E-state index contributed by atoms with van der Waals surface area (Å²) < 4.78 is 12.9. The second kappa shape index (κ2) is 11.3. The topological polar surface area (TPSA) is 85.6 Å². The molecule has 0 amide bonds. The Morgan fingerprint density at radius 3 is 2.72 bits per heavy atom. The Morgan fingerprint density at radius 2 is 2.03 bits per heavy atom. The van der Waals surface area contributed by atoms with Gasteiger partial charge in [0.15, 0.2) is 11.8 Å². The van der Waals surface area contributed by atoms with E-state index in [9.17, 15) is 0 Å². The van der Waals surface area contributed by atoms with Gasteiger partial charge in [0.25, 0.3) is 0 Å². The normalized spacial score (nSPS) is 16.0. The molecule has 0 saturated heterocycles. The lowest BCUT2D eigenvalue weighted by atomic mass is 10.1. The average Bonchev–Trinajstić information content (AvgIpc) is 3.05. The van der Waals surface area contributed by atoms with Crippen molar-refractivity contribution < 1.29 is 9.47 Å². The molecule has 0 bridgehead atoms. The zero-order valence-electron chi connectivity index (χ0n) is 17.6. The lowest BCUT2D eigenvalue weighted by Crippen LogP contribution is -2.47. The molecule has 0 fully saturated rings. The summed E-state index contributed by atoms with van der Waals surface area (Å²) in [6.07, 6.45) is 1.88. The predicted octanol–water partition coefficient (Wildman–Crippen LogP) is 2.22. The largest absolute Gasteiger partial charge is 0.492 e. The van der Waals surface area contributed by atoms with Crippen LogP contribution in [-0.4, -0.2) is 54.1 Å². The second-order valence-electron chi connectivity index (χ2n) is 7.11. The van der Waals surface area contributed by atoms with Crippen molar-refractivity contribution in [1.29, 1.82) is 0 Å². The number of aromatic nitrogens is 3. The van der Waals surface area contributed by atoms with Crippen molar-refractivity contribution in [3.8, 4) is 5.75 Å². The standard InChI is InChI=1S/C20H30N6O2.HI/c1-14-9-15(2)11-17(10-14)28-8-7-22-20(21-3)23-16-5-6-19-24-18(13-27-4)25-26(19)12-16;/h9-11,16H,5-8,12-13H2,1-4H3,(H2,21,22,23);1H. The minimum atomic E-state index is 0. The van der Waals surface area contributed by atoms with Gasteiger partial charge in [0.2, 0.25) is 0 Å². The lowest BCUT2D eigenvalue weighted by Gasteiger charge is -2.25. The number of fused-ring (bicyclic) bond motifs is 1. The Bertz CT molecular complexity index is 803. The number of aliphatic imine (C=N–C) groups is 1. The molecule has 2 aromatic rings. The van der Waals surface area contributed by atoms with Crippen LogP contribution in [0.4, 0.5) is 0 Å². The number of methoxy groups -OCH3 is 1. The first-order valence-electron chi connectivity index (χ1n) is 9.67. The summed E-state index contributed by atoms with van der Waals surface area (Å²) >= 11 is 0. The number of hydrogen-bond donors (Lipinski definition) is 2. The molecule has 0 spiro atoms. The molecule has 1 unspecified atom stereocenters. The molecule has 8 nitrogen and oxygen atoms in total. The summed E-state index contributed by atoms with van der Waals surface area (Å²) in [6, 6.07) is 6.50. The quantitative estimate of drug-likeness (QED) is 0.255. The molecular weight excluding hydrogens is 483 g/mol. The maximum atomic E-state index is 5.85. The molecule has 160 valence electrons. The fourth-order valence-electron chi connectivity index (χ4n) is 3.41. The third kappa shape index (κ3) is 6.84. The minimum Gasteiger partial charge on any atom is -0.492 e. The lowest BCUT2D eigenvalue weighted by molar-refractivity contribution is 0.177. The van der Waals surface area contributed by atoms with Crippen molar-refractivity contribution in [3.63, 3.8) is 0 Å². The summed E-state index contributed by atoms with van der Waals surface area (Å²) in [7, 11) is 3.43. The first kappa shape index (κ1) is 23.4. The molecule has 1 aromatic heterocycles. The molecule has 0 aliphatic carbocycles. The van der Waals surface area contributed by atoms with Crippen LogP contribution in [0.15, 0.2) is 23.2 Å². The van der Waals surface area contributed by atoms with Crippen LogP contribution in [0, 0.1) is 13.8 Å². The Balaban J connectivity index is 0.00000300. The van der Waals surface area contributed by atoms with Crippen LogP contribution in [-0.2, 0) is 24.3 Å². The van der Waals surface area contributed by atoms with Gasteiger partial charge in [-0.2, -0.15) is 5.10 Å². The van der Waals surface area contributed by atoms with Crippen LogP contribution in [0.25, 0.3) is 0 Å². The van der Waals surface area contributed by atoms with E-state index in [4.69, 9.17) is 9.47 Å². The van der Waals surface area contributed by atoms with Gasteiger partial charge in [0, 0.05) is 26.6 Å². The molecule has 2 heterocycles. The van der Waals surface area contributed by atoms with E-state index in [0.717, 1.165) is 42.7 Å². The van der Waals surface area contributed by atoms with E-state index in [1.165, 1.54) is 11.1 Å². The molecular formula is C20H31IN6O2. The van der Waals surface area contributed by atoms with E-state index in [1.54, 1.807) is 14.2 Å². The Morgan fingerprint density at radius 1 is 1.28 bits per heavy atom. The number of hydrogen-bond acceptors (Lipinski definition) is 5. The van der Waals surface area contributed by atoms with Crippen LogP contribution in [0.1, 0.15) is 29.2 Å². The fourth-order valence-corrected chi connectivity index (χ4v) is 3.41. The van der Waals surface area contributed by atoms with Crippen LogP contribution < -0.4 is 15.4 Å². The van der Waals surface area contributed by atoms with Gasteiger partial charge in [-0.15, -0.1) is 24.0 Å². The van der Waals surface area contributed by atoms with E-state index in [-0.39, 0.29) is 30.0 Å². The van der Waals surface area contributed by atoms with Crippen LogP contribution in [0.3, 0.4) is 0 Å². The summed E-state index contributed by atoms with van der Waals surface area (Å²) in [6.45, 7) is 6.61. The van der Waals surface area contributed by atoms with Gasteiger partial charge < -0.3 is 20.1 Å². The molecule has 9 heteroatoms. The minimum absolute atomic E-state index is 0. The molecule has 0 radical (unpaired) electrons. The number of benzene rings is 1. The van der Waals surface area contributed by atoms with E-state index in [1.807, 2.05) is 4.68 Å². The van der Waals surface area contributed by atoms with Crippen molar-refractivity contribution in [2.45, 2.75) is 45.9 Å². The average molecular weight is 514 g/mol. The highest BCUT2D eigenvalue weighted by molar-refractivity contribution is 14.0. The Labute approximate surface area is 189 Å². The van der Waals surface area contributed by atoms with Gasteiger partial charge in [-0.3, -0.25) is 4.99 Å². The van der Waals surface area contributed by atoms with Crippen LogP contribution >= 0.6 is 24.0 Å². The van der Waals surface area contributed by atoms with Gasteiger partial charge >= 0.3 is 0 Å². The van der Waals surface area contributed by atoms with Crippen molar-refractivity contribution in [2.24, 2.45) is 4.99 Å². The SMILES string of the molecule is CN=C(NCCOc1cc(C)cc(C)c1)NC1CCc2nc(COC)nn2C1.I. The van der Waals surface area contributed by atoms with Crippen molar-refractivity contribution in [1.82, 2.24) is 25.4 Å². The second-order valence-corrected chi connectivity index (χ2v) is 7.11. The highest BCUT2D eigenvalue weighted by Gasteiger charge is 2.22. The van der Waals surface area contributed by atoms with E-state index >= 15 is 0 Å². The Hall–Kier alpha value is -1.88. The van der Waals surface area contributed by atoms with Crippen molar-refractivity contribution in [2.75, 3.05) is 27.3 Å². The molecule has 1 atom stereocenters. The van der Waals surface area contributed by atoms with Crippen LogP contribution in [0.2, 0.25) is 0 Å². The molecule has 29 heavy (non-hydrogen) atoms. The van der Waals surface area contributed by atoms with E-state index in [0.29, 0.717) is 19.8 Å². The maximum absolute atomic E-state index is 5.85.